The highest BCUT2D eigenvalue weighted by Crippen LogP contribution is 2.36. The molecular weight excluding hydrogens is 454 g/mol. The van der Waals surface area contributed by atoms with Gasteiger partial charge < -0.3 is 19.6 Å². The average Bonchev–Trinajstić information content (AvgIpc) is 3.53. The smallest absolute Gasteiger partial charge is 0.341 e. The predicted molar refractivity (Wildman–Crippen MR) is 118 cm³/mol. The second-order valence-corrected chi connectivity index (χ2v) is 8.10. The van der Waals surface area contributed by atoms with Crippen molar-refractivity contribution in [3.8, 4) is 22.8 Å². The summed E-state index contributed by atoms with van der Waals surface area (Å²) >= 11 is 2.34. The summed E-state index contributed by atoms with van der Waals surface area (Å²) in [5.41, 5.74) is 1.44. The lowest BCUT2D eigenvalue weighted by molar-refractivity contribution is -0.113. The maximum atomic E-state index is 12.6. The number of phenolic OH excluding ortho intramolecular Hbond substituents is 1. The van der Waals surface area contributed by atoms with E-state index in [1.54, 1.807) is 36.6 Å². The number of nitrogens with one attached hydrogen (secondary N) is 1. The van der Waals surface area contributed by atoms with Crippen LogP contribution in [-0.4, -0.2) is 49.6 Å². The Morgan fingerprint density at radius 1 is 1.28 bits per heavy atom. The maximum absolute atomic E-state index is 12.6. The molecule has 0 radical (unpaired) electrons. The summed E-state index contributed by atoms with van der Waals surface area (Å²) in [6.45, 7) is 1.92. The number of nitrogens with zero attached hydrogens (tertiary/aromatic N) is 4. The number of furan rings is 1. The van der Waals surface area contributed by atoms with Crippen molar-refractivity contribution in [2.45, 2.75) is 12.1 Å². The molecule has 0 fully saturated rings. The lowest BCUT2D eigenvalue weighted by Gasteiger charge is -2.08. The quantitative estimate of drug-likeness (QED) is 0.292. The molecule has 0 saturated carbocycles. The van der Waals surface area contributed by atoms with E-state index in [1.807, 2.05) is 0 Å². The van der Waals surface area contributed by atoms with Gasteiger partial charge in [0.25, 0.3) is 0 Å². The van der Waals surface area contributed by atoms with Gasteiger partial charge in [-0.25, -0.2) is 4.79 Å². The van der Waals surface area contributed by atoms with Crippen molar-refractivity contribution in [1.82, 2.24) is 20.2 Å². The number of carbonyl (C=O) groups is 2. The van der Waals surface area contributed by atoms with Crippen LogP contribution in [-0.2, 0) is 9.53 Å². The maximum Gasteiger partial charge on any atom is 0.341 e. The molecule has 3 aromatic heterocycles. The highest BCUT2D eigenvalue weighted by molar-refractivity contribution is 7.99. The minimum absolute atomic E-state index is 0.00864. The number of thioether (sulfide) groups is 1. The van der Waals surface area contributed by atoms with Gasteiger partial charge in [-0.3, -0.25) is 4.79 Å². The number of benzene rings is 1. The van der Waals surface area contributed by atoms with Crippen LogP contribution in [0.3, 0.4) is 0 Å². The molecule has 0 aliphatic rings. The molecule has 164 valence electrons. The van der Waals surface area contributed by atoms with Gasteiger partial charge in [-0.15, -0.1) is 16.4 Å². The van der Waals surface area contributed by atoms with Gasteiger partial charge in [0, 0.05) is 10.9 Å². The fourth-order valence-corrected chi connectivity index (χ4v) is 4.43. The number of amides is 1. The third-order valence-electron chi connectivity index (χ3n) is 4.18. The fourth-order valence-electron chi connectivity index (χ4n) is 2.79. The van der Waals surface area contributed by atoms with Crippen LogP contribution in [0.15, 0.2) is 57.6 Å². The van der Waals surface area contributed by atoms with Crippen molar-refractivity contribution in [2.24, 2.45) is 0 Å². The van der Waals surface area contributed by atoms with Crippen LogP contribution in [0.2, 0.25) is 0 Å². The van der Waals surface area contributed by atoms with E-state index in [9.17, 15) is 14.7 Å². The Morgan fingerprint density at radius 3 is 2.81 bits per heavy atom. The number of rotatable bonds is 8. The second-order valence-electron chi connectivity index (χ2n) is 6.28. The van der Waals surface area contributed by atoms with Crippen LogP contribution < -0.4 is 5.32 Å². The zero-order valence-electron chi connectivity index (χ0n) is 16.7. The number of hydrogen-bond donors (Lipinski definition) is 2. The van der Waals surface area contributed by atoms with Crippen LogP contribution in [0.1, 0.15) is 17.3 Å². The van der Waals surface area contributed by atoms with Crippen LogP contribution in [0.5, 0.6) is 5.75 Å². The Kier molecular flexibility index (Phi) is 6.52. The molecule has 10 nitrogen and oxygen atoms in total. The van der Waals surface area contributed by atoms with Crippen molar-refractivity contribution in [3.63, 3.8) is 0 Å². The lowest BCUT2D eigenvalue weighted by Crippen LogP contribution is -2.16. The Labute approximate surface area is 190 Å². The Bertz CT molecular complexity index is 1220. The summed E-state index contributed by atoms with van der Waals surface area (Å²) in [7, 11) is 0. The molecule has 0 aliphatic heterocycles. The van der Waals surface area contributed by atoms with Gasteiger partial charge in [0.15, 0.2) is 0 Å². The van der Waals surface area contributed by atoms with E-state index in [0.717, 1.165) is 11.8 Å². The zero-order chi connectivity index (χ0) is 22.5. The second kappa shape index (κ2) is 9.66. The first-order valence-corrected chi connectivity index (χ1v) is 11.3. The van der Waals surface area contributed by atoms with E-state index in [4.69, 9.17) is 9.15 Å². The molecule has 0 spiro atoms. The fraction of sp³-hybridized carbons (Fsp3) is 0.150. The minimum atomic E-state index is -0.542. The van der Waals surface area contributed by atoms with Gasteiger partial charge >= 0.3 is 5.97 Å². The molecule has 32 heavy (non-hydrogen) atoms. The number of tetrazole rings is 1. The number of hydrogen-bond acceptors (Lipinski definition) is 10. The molecule has 4 rings (SSSR count). The van der Waals surface area contributed by atoms with Gasteiger partial charge in [0.2, 0.25) is 11.1 Å². The van der Waals surface area contributed by atoms with Crippen LogP contribution >= 0.6 is 23.1 Å². The SMILES string of the molecule is CCOC(=O)c1c(-c2ccco2)csc1NC(=O)CSc1nnnn1-c1ccc(O)cc1. The van der Waals surface area contributed by atoms with Crippen molar-refractivity contribution in [3.05, 3.63) is 53.6 Å². The van der Waals surface area contributed by atoms with E-state index < -0.39 is 5.97 Å². The third-order valence-corrected chi connectivity index (χ3v) is 5.99. The van der Waals surface area contributed by atoms with Gasteiger partial charge in [-0.2, -0.15) is 4.68 Å². The normalized spacial score (nSPS) is 10.8. The molecule has 0 bridgehead atoms. The predicted octanol–water partition coefficient (Wildman–Crippen LogP) is 3.60. The first kappa shape index (κ1) is 21.6. The van der Waals surface area contributed by atoms with Gasteiger partial charge in [-0.05, 0) is 53.7 Å². The monoisotopic (exact) mass is 471 g/mol. The topological polar surface area (TPSA) is 132 Å². The molecule has 0 saturated heterocycles. The van der Waals surface area contributed by atoms with E-state index in [-0.39, 0.29) is 29.6 Å². The van der Waals surface area contributed by atoms with E-state index in [0.29, 0.717) is 27.2 Å². The minimum Gasteiger partial charge on any atom is -0.508 e. The number of aromatic nitrogens is 4. The molecule has 12 heteroatoms. The first-order valence-electron chi connectivity index (χ1n) is 9.39. The largest absolute Gasteiger partial charge is 0.508 e. The van der Waals surface area contributed by atoms with E-state index in [2.05, 4.69) is 20.8 Å². The summed E-state index contributed by atoms with van der Waals surface area (Å²) in [6.07, 6.45) is 1.51. The molecule has 1 amide bonds. The van der Waals surface area contributed by atoms with Gasteiger partial charge in [0.1, 0.15) is 22.1 Å². The van der Waals surface area contributed by atoms with Gasteiger partial charge in [-0.1, -0.05) is 11.8 Å². The molecule has 0 atom stereocenters. The van der Waals surface area contributed by atoms with Crippen molar-refractivity contribution in [1.29, 1.82) is 0 Å². The molecule has 0 unspecified atom stereocenters. The molecule has 0 aliphatic carbocycles. The lowest BCUT2D eigenvalue weighted by atomic mass is 10.1. The molecule has 4 aromatic rings. The first-order chi connectivity index (χ1) is 15.6. The van der Waals surface area contributed by atoms with E-state index >= 15 is 0 Å². The number of carbonyl (C=O) groups excluding carboxylic acids is 2. The van der Waals surface area contributed by atoms with Crippen molar-refractivity contribution < 1.29 is 23.8 Å². The van der Waals surface area contributed by atoms with Gasteiger partial charge in [0.05, 0.1) is 24.3 Å². The Morgan fingerprint density at radius 2 is 2.09 bits per heavy atom. The number of ether oxygens (including phenoxy) is 1. The summed E-state index contributed by atoms with van der Waals surface area (Å²) in [6, 6.07) is 9.79. The molecule has 3 heterocycles. The molecule has 1 aromatic carbocycles. The standard InChI is InChI=1S/C20H17N5O5S2/c1-2-29-19(28)17-14(15-4-3-9-30-15)10-31-18(17)21-16(27)11-32-20-22-23-24-25(20)12-5-7-13(26)8-6-12/h3-10,26H,2,11H2,1H3,(H,21,27). The third kappa shape index (κ3) is 4.65. The van der Waals surface area contributed by atoms with Crippen molar-refractivity contribution in [2.75, 3.05) is 17.7 Å². The van der Waals surface area contributed by atoms with Crippen LogP contribution in [0.4, 0.5) is 5.00 Å². The van der Waals surface area contributed by atoms with E-state index in [1.165, 1.54) is 34.4 Å². The number of aromatic hydroxyl groups is 1. The molecule has 2 N–H and O–H groups in total. The number of phenols is 1. The summed E-state index contributed by atoms with van der Waals surface area (Å²) in [5, 5.41) is 26.2. The summed E-state index contributed by atoms with van der Waals surface area (Å²) < 4.78 is 12.0. The highest BCUT2D eigenvalue weighted by atomic mass is 32.2. The Hall–Kier alpha value is -3.64. The summed E-state index contributed by atoms with van der Waals surface area (Å²) in [4.78, 5) is 25.1. The average molecular weight is 472 g/mol. The Balaban J connectivity index is 1.48. The molecular formula is C20H17N5O5S2. The summed E-state index contributed by atoms with van der Waals surface area (Å²) in [5.74, 6) is -0.243. The van der Waals surface area contributed by atoms with Crippen LogP contribution in [0.25, 0.3) is 17.0 Å². The van der Waals surface area contributed by atoms with Crippen molar-refractivity contribution >= 4 is 40.0 Å². The van der Waals surface area contributed by atoms with Crippen LogP contribution in [0, 0.1) is 0 Å². The number of anilines is 1. The zero-order valence-corrected chi connectivity index (χ0v) is 18.4. The highest BCUT2D eigenvalue weighted by Gasteiger charge is 2.24. The number of esters is 1. The number of thiophene rings is 1.